The molecule has 0 radical (unpaired) electrons. The van der Waals surface area contributed by atoms with Gasteiger partial charge in [0.05, 0.1) is 13.0 Å². The first-order valence-electron chi connectivity index (χ1n) is 12.2. The minimum absolute atomic E-state index is 0.206. The van der Waals surface area contributed by atoms with E-state index >= 15 is 0 Å². The summed E-state index contributed by atoms with van der Waals surface area (Å²) < 4.78 is 10.8. The van der Waals surface area contributed by atoms with E-state index in [2.05, 4.69) is 47.4 Å². The molecule has 0 aliphatic rings. The summed E-state index contributed by atoms with van der Waals surface area (Å²) in [5, 5.41) is 5.02. The lowest BCUT2D eigenvalue weighted by molar-refractivity contribution is -0.142. The number of esters is 1. The van der Waals surface area contributed by atoms with Gasteiger partial charge in [0.25, 0.3) is 0 Å². The summed E-state index contributed by atoms with van der Waals surface area (Å²) in [6.07, 6.45) is 2.23. The summed E-state index contributed by atoms with van der Waals surface area (Å²) in [4.78, 5) is 13.9. The number of hydrogen-bond acceptors (Lipinski definition) is 5. The third-order valence-electron chi connectivity index (χ3n) is 6.15. The zero-order valence-corrected chi connectivity index (χ0v) is 21.7. The molecular formula is C30H31ClN2O3. The molecule has 186 valence electrons. The number of aromatic nitrogens is 1. The second-order valence-corrected chi connectivity index (χ2v) is 9.29. The number of nitrogens with zero attached hydrogens (tertiary/aromatic N) is 2. The fourth-order valence-electron chi connectivity index (χ4n) is 4.34. The van der Waals surface area contributed by atoms with Crippen molar-refractivity contribution in [2.45, 2.75) is 33.1 Å². The van der Waals surface area contributed by atoms with E-state index in [-0.39, 0.29) is 12.4 Å². The smallest absolute Gasteiger partial charge is 0.310 e. The van der Waals surface area contributed by atoms with Crippen LogP contribution in [0.25, 0.3) is 22.5 Å². The molecule has 5 nitrogen and oxygen atoms in total. The first-order valence-corrected chi connectivity index (χ1v) is 12.6. The van der Waals surface area contributed by atoms with E-state index in [1.807, 2.05) is 56.3 Å². The van der Waals surface area contributed by atoms with E-state index in [0.29, 0.717) is 6.61 Å². The highest BCUT2D eigenvalue weighted by atomic mass is 35.5. The zero-order valence-electron chi connectivity index (χ0n) is 21.0. The third kappa shape index (κ3) is 6.35. The van der Waals surface area contributed by atoms with E-state index in [0.717, 1.165) is 63.8 Å². The van der Waals surface area contributed by atoms with E-state index in [9.17, 15) is 4.79 Å². The molecule has 4 aromatic rings. The third-order valence-corrected chi connectivity index (χ3v) is 6.38. The molecule has 0 saturated carbocycles. The van der Waals surface area contributed by atoms with Crippen molar-refractivity contribution in [3.63, 3.8) is 0 Å². The van der Waals surface area contributed by atoms with Gasteiger partial charge in [-0.1, -0.05) is 77.4 Å². The highest BCUT2D eigenvalue weighted by molar-refractivity contribution is 6.30. The van der Waals surface area contributed by atoms with Crippen molar-refractivity contribution in [1.29, 1.82) is 0 Å². The van der Waals surface area contributed by atoms with E-state index in [1.54, 1.807) is 0 Å². The lowest BCUT2D eigenvalue weighted by atomic mass is 10.0. The summed E-state index contributed by atoms with van der Waals surface area (Å²) in [5.74, 6) is 0.566. The minimum atomic E-state index is -0.206. The number of carbonyl (C=O) groups excluding carboxylic acids is 1. The molecule has 0 amide bonds. The molecule has 0 fully saturated rings. The Balaban J connectivity index is 1.43. The number of anilines is 1. The average Bonchev–Trinajstić information content (AvgIpc) is 3.26. The Labute approximate surface area is 217 Å². The van der Waals surface area contributed by atoms with Gasteiger partial charge >= 0.3 is 5.97 Å². The highest BCUT2D eigenvalue weighted by Gasteiger charge is 2.19. The van der Waals surface area contributed by atoms with Crippen LogP contribution in [-0.2, 0) is 22.4 Å². The largest absolute Gasteiger partial charge is 0.466 e. The van der Waals surface area contributed by atoms with Crippen LogP contribution in [0.15, 0.2) is 77.3 Å². The zero-order chi connectivity index (χ0) is 25.5. The predicted molar refractivity (Wildman–Crippen MR) is 145 cm³/mol. The summed E-state index contributed by atoms with van der Waals surface area (Å²) >= 11 is 6.11. The Morgan fingerprint density at radius 1 is 0.972 bits per heavy atom. The molecule has 3 aromatic carbocycles. The molecular weight excluding hydrogens is 472 g/mol. The quantitative estimate of drug-likeness (QED) is 0.216. The Kier molecular flexibility index (Phi) is 8.44. The van der Waals surface area contributed by atoms with E-state index < -0.39 is 0 Å². The SMILES string of the molecule is CCOC(=O)Cc1ccc(-c2ccc(-c3onc(C)c3N(C)CCCc3cccc(Cl)c3)cc2)cc1. The van der Waals surface area contributed by atoms with Gasteiger partial charge in [-0.15, -0.1) is 0 Å². The molecule has 0 spiro atoms. The van der Waals surface area contributed by atoms with Crippen LogP contribution in [-0.4, -0.2) is 31.3 Å². The van der Waals surface area contributed by atoms with Gasteiger partial charge in [-0.2, -0.15) is 0 Å². The van der Waals surface area contributed by atoms with Gasteiger partial charge in [0.15, 0.2) is 5.76 Å². The summed E-state index contributed by atoms with van der Waals surface area (Å²) in [5.41, 5.74) is 7.22. The number of hydrogen-bond donors (Lipinski definition) is 0. The second-order valence-electron chi connectivity index (χ2n) is 8.86. The first kappa shape index (κ1) is 25.5. The number of carbonyl (C=O) groups is 1. The molecule has 0 aliphatic heterocycles. The van der Waals surface area contributed by atoms with Crippen molar-refractivity contribution < 1.29 is 14.1 Å². The lowest BCUT2D eigenvalue weighted by Crippen LogP contribution is -2.20. The number of rotatable bonds is 10. The van der Waals surface area contributed by atoms with Crippen LogP contribution in [0.3, 0.4) is 0 Å². The van der Waals surface area contributed by atoms with Gasteiger partial charge in [0.2, 0.25) is 0 Å². The standard InChI is InChI=1S/C30H31ClN2O3/c1-4-35-28(34)20-23-10-12-24(13-11-23)25-14-16-26(17-15-25)30-29(21(2)32-36-30)33(3)18-6-8-22-7-5-9-27(31)19-22/h5,7,9-17,19H,4,6,8,18,20H2,1-3H3. The number of halogens is 1. The topological polar surface area (TPSA) is 55.6 Å². The lowest BCUT2D eigenvalue weighted by Gasteiger charge is -2.19. The maximum atomic E-state index is 11.7. The molecule has 1 heterocycles. The highest BCUT2D eigenvalue weighted by Crippen LogP contribution is 2.34. The fourth-order valence-corrected chi connectivity index (χ4v) is 4.55. The Bertz CT molecular complexity index is 1300. The Morgan fingerprint density at radius 2 is 1.64 bits per heavy atom. The van der Waals surface area contributed by atoms with Crippen LogP contribution in [0.5, 0.6) is 0 Å². The monoisotopic (exact) mass is 502 g/mol. The van der Waals surface area contributed by atoms with Crippen molar-refractivity contribution in [2.24, 2.45) is 0 Å². The van der Waals surface area contributed by atoms with Crippen molar-refractivity contribution in [1.82, 2.24) is 5.16 Å². The summed E-state index contributed by atoms with van der Waals surface area (Å²) in [6.45, 7) is 5.06. The van der Waals surface area contributed by atoms with Gasteiger partial charge in [-0.05, 0) is 61.1 Å². The number of ether oxygens (including phenoxy) is 1. The van der Waals surface area contributed by atoms with Crippen molar-refractivity contribution >= 4 is 23.3 Å². The minimum Gasteiger partial charge on any atom is -0.466 e. The van der Waals surface area contributed by atoms with Crippen molar-refractivity contribution in [3.05, 3.63) is 94.6 Å². The molecule has 0 N–H and O–H groups in total. The van der Waals surface area contributed by atoms with Crippen LogP contribution in [0, 0.1) is 6.92 Å². The molecule has 6 heteroatoms. The maximum absolute atomic E-state index is 11.7. The molecule has 0 bridgehead atoms. The molecule has 1 aromatic heterocycles. The van der Waals surface area contributed by atoms with Crippen LogP contribution in [0.2, 0.25) is 5.02 Å². The van der Waals surface area contributed by atoms with Gasteiger partial charge in [0.1, 0.15) is 11.4 Å². The molecule has 4 rings (SSSR count). The summed E-state index contributed by atoms with van der Waals surface area (Å²) in [7, 11) is 2.08. The maximum Gasteiger partial charge on any atom is 0.310 e. The summed E-state index contributed by atoms with van der Waals surface area (Å²) in [6, 6.07) is 24.3. The van der Waals surface area contributed by atoms with Crippen molar-refractivity contribution in [2.75, 3.05) is 25.1 Å². The Hall–Kier alpha value is -3.57. The van der Waals surface area contributed by atoms with Gasteiger partial charge in [-0.3, -0.25) is 4.79 Å². The second kappa shape index (κ2) is 11.9. The molecule has 0 aliphatic carbocycles. The molecule has 0 unspecified atom stereocenters. The van der Waals surface area contributed by atoms with Gasteiger partial charge < -0.3 is 14.2 Å². The number of benzene rings is 3. The molecule has 36 heavy (non-hydrogen) atoms. The van der Waals surface area contributed by atoms with E-state index in [4.69, 9.17) is 20.9 Å². The van der Waals surface area contributed by atoms with E-state index in [1.165, 1.54) is 5.56 Å². The van der Waals surface area contributed by atoms with Gasteiger partial charge in [0, 0.05) is 24.2 Å². The van der Waals surface area contributed by atoms with Crippen LogP contribution < -0.4 is 4.90 Å². The van der Waals surface area contributed by atoms with Gasteiger partial charge in [-0.25, -0.2) is 0 Å². The van der Waals surface area contributed by atoms with Crippen LogP contribution in [0.4, 0.5) is 5.69 Å². The first-order chi connectivity index (χ1) is 17.4. The molecule has 0 atom stereocenters. The predicted octanol–water partition coefficient (Wildman–Crippen LogP) is 7.15. The fraction of sp³-hybridized carbons (Fsp3) is 0.267. The molecule has 0 saturated heterocycles. The number of aryl methyl sites for hydroxylation is 2. The van der Waals surface area contributed by atoms with Crippen LogP contribution in [0.1, 0.15) is 30.2 Å². The van der Waals surface area contributed by atoms with Crippen LogP contribution >= 0.6 is 11.6 Å². The Morgan fingerprint density at radius 3 is 2.31 bits per heavy atom. The average molecular weight is 503 g/mol. The normalized spacial score (nSPS) is 10.9. The van der Waals surface area contributed by atoms with Crippen molar-refractivity contribution in [3.8, 4) is 22.5 Å².